The molecule has 1 fully saturated rings. The highest BCUT2D eigenvalue weighted by Crippen LogP contribution is 2.29. The van der Waals surface area contributed by atoms with Crippen molar-refractivity contribution in [1.29, 1.82) is 0 Å². The van der Waals surface area contributed by atoms with Crippen molar-refractivity contribution < 1.29 is 14.7 Å². The highest BCUT2D eigenvalue weighted by atomic mass is 16.4. The van der Waals surface area contributed by atoms with Crippen LogP contribution < -0.4 is 5.32 Å². The van der Waals surface area contributed by atoms with E-state index in [0.717, 1.165) is 25.9 Å². The molecule has 2 amide bonds. The Morgan fingerprint density at radius 2 is 1.95 bits per heavy atom. The Balaban J connectivity index is 1.76. The molecule has 0 spiro atoms. The average Bonchev–Trinajstić information content (AvgIpc) is 2.52. The molecule has 0 aromatic heterocycles. The van der Waals surface area contributed by atoms with E-state index in [-0.39, 0.29) is 12.5 Å². The summed E-state index contributed by atoms with van der Waals surface area (Å²) in [6, 6.07) is 8.37. The van der Waals surface area contributed by atoms with Gasteiger partial charge in [-0.1, -0.05) is 24.3 Å². The van der Waals surface area contributed by atoms with E-state index in [9.17, 15) is 9.59 Å². The van der Waals surface area contributed by atoms with Gasteiger partial charge in [-0.2, -0.15) is 0 Å². The zero-order valence-electron chi connectivity index (χ0n) is 13.0. The summed E-state index contributed by atoms with van der Waals surface area (Å²) in [7, 11) is 0. The predicted octanol–water partition coefficient (Wildman–Crippen LogP) is 2.75. The number of piperidine rings is 1. The number of urea groups is 1. The van der Waals surface area contributed by atoms with Crippen LogP contribution in [0.3, 0.4) is 0 Å². The Kier molecular flexibility index (Phi) is 5.81. The van der Waals surface area contributed by atoms with E-state index in [0.29, 0.717) is 18.9 Å². The van der Waals surface area contributed by atoms with Gasteiger partial charge in [0.25, 0.3) is 0 Å². The van der Waals surface area contributed by atoms with Crippen molar-refractivity contribution in [3.8, 4) is 0 Å². The van der Waals surface area contributed by atoms with Crippen molar-refractivity contribution in [3.05, 3.63) is 35.4 Å². The number of carbonyl (C=O) groups is 2. The lowest BCUT2D eigenvalue weighted by atomic mass is 9.87. The molecule has 0 unspecified atom stereocenters. The molecule has 5 heteroatoms. The van der Waals surface area contributed by atoms with Gasteiger partial charge in [-0.3, -0.25) is 4.79 Å². The lowest BCUT2D eigenvalue weighted by Gasteiger charge is -2.32. The number of benzene rings is 1. The second kappa shape index (κ2) is 7.82. The molecule has 0 bridgehead atoms. The van der Waals surface area contributed by atoms with E-state index in [4.69, 9.17) is 5.11 Å². The average molecular weight is 304 g/mol. The molecular weight excluding hydrogens is 280 g/mol. The van der Waals surface area contributed by atoms with Crippen LogP contribution >= 0.6 is 0 Å². The Morgan fingerprint density at radius 3 is 2.59 bits per heavy atom. The molecule has 2 N–H and O–H groups in total. The molecule has 1 aliphatic rings. The van der Waals surface area contributed by atoms with Gasteiger partial charge in [-0.25, -0.2) is 4.79 Å². The van der Waals surface area contributed by atoms with Crippen molar-refractivity contribution in [2.45, 2.75) is 38.5 Å². The standard InChI is InChI=1S/C17H24N2O3/c1-13-5-2-3-6-15(13)14-8-11-19(12-9-14)17(22)18-10-4-7-16(20)21/h2-3,5-6,14H,4,7-12H2,1H3,(H,18,22)(H,20,21). The molecule has 5 nitrogen and oxygen atoms in total. The molecule has 120 valence electrons. The first-order chi connectivity index (χ1) is 10.6. The smallest absolute Gasteiger partial charge is 0.317 e. The third-order valence-corrected chi connectivity index (χ3v) is 4.25. The summed E-state index contributed by atoms with van der Waals surface area (Å²) in [6.45, 7) is 4.06. The number of amides is 2. The number of carboxylic acid groups (broad SMARTS) is 1. The summed E-state index contributed by atoms with van der Waals surface area (Å²) >= 11 is 0. The van der Waals surface area contributed by atoms with Crippen LogP contribution in [0.2, 0.25) is 0 Å². The van der Waals surface area contributed by atoms with Crippen molar-refractivity contribution in [2.75, 3.05) is 19.6 Å². The summed E-state index contributed by atoms with van der Waals surface area (Å²) < 4.78 is 0. The van der Waals surface area contributed by atoms with Gasteiger partial charge in [-0.15, -0.1) is 0 Å². The first-order valence-electron chi connectivity index (χ1n) is 7.88. The van der Waals surface area contributed by atoms with Crippen LogP contribution in [0.15, 0.2) is 24.3 Å². The number of rotatable bonds is 5. The molecule has 0 aliphatic carbocycles. The van der Waals surface area contributed by atoms with Gasteiger partial charge < -0.3 is 15.3 Å². The first kappa shape index (κ1) is 16.3. The SMILES string of the molecule is Cc1ccccc1C1CCN(C(=O)NCCCC(=O)O)CC1. The zero-order chi connectivity index (χ0) is 15.9. The molecule has 1 aromatic rings. The predicted molar refractivity (Wildman–Crippen MR) is 85.0 cm³/mol. The second-order valence-electron chi connectivity index (χ2n) is 5.85. The molecule has 1 heterocycles. The van der Waals surface area contributed by atoms with Gasteiger partial charge in [0.15, 0.2) is 0 Å². The molecule has 1 aromatic carbocycles. The Bertz CT molecular complexity index is 522. The molecule has 22 heavy (non-hydrogen) atoms. The topological polar surface area (TPSA) is 69.6 Å². The molecule has 2 rings (SSSR count). The Hall–Kier alpha value is -2.04. The number of nitrogens with one attached hydrogen (secondary N) is 1. The fourth-order valence-corrected chi connectivity index (χ4v) is 2.99. The van der Waals surface area contributed by atoms with Crippen LogP contribution in [0, 0.1) is 6.92 Å². The number of hydrogen-bond acceptors (Lipinski definition) is 2. The van der Waals surface area contributed by atoms with Gasteiger partial charge >= 0.3 is 12.0 Å². The van der Waals surface area contributed by atoms with Gasteiger partial charge in [0.2, 0.25) is 0 Å². The minimum Gasteiger partial charge on any atom is -0.481 e. The molecule has 0 radical (unpaired) electrons. The Labute approximate surface area is 131 Å². The highest BCUT2D eigenvalue weighted by molar-refractivity contribution is 5.74. The van der Waals surface area contributed by atoms with Crippen molar-refractivity contribution in [1.82, 2.24) is 10.2 Å². The lowest BCUT2D eigenvalue weighted by Crippen LogP contribution is -2.44. The normalized spacial score (nSPS) is 15.6. The van der Waals surface area contributed by atoms with E-state index >= 15 is 0 Å². The van der Waals surface area contributed by atoms with Crippen LogP contribution in [0.1, 0.15) is 42.7 Å². The van der Waals surface area contributed by atoms with Crippen LogP contribution in [0.5, 0.6) is 0 Å². The van der Waals surface area contributed by atoms with Gasteiger partial charge in [-0.05, 0) is 43.2 Å². The van der Waals surface area contributed by atoms with Gasteiger partial charge in [0.1, 0.15) is 0 Å². The molecule has 0 atom stereocenters. The van der Waals surface area contributed by atoms with E-state index in [1.807, 2.05) is 4.90 Å². The summed E-state index contributed by atoms with van der Waals surface area (Å²) in [6.07, 6.45) is 2.52. The number of carboxylic acids is 1. The molecular formula is C17H24N2O3. The maximum Gasteiger partial charge on any atom is 0.317 e. The summed E-state index contributed by atoms with van der Waals surface area (Å²) in [4.78, 5) is 24.3. The van der Waals surface area contributed by atoms with Crippen molar-refractivity contribution >= 4 is 12.0 Å². The number of aryl methyl sites for hydroxylation is 1. The summed E-state index contributed by atoms with van der Waals surface area (Å²) in [5.74, 6) is -0.300. The monoisotopic (exact) mass is 304 g/mol. The molecule has 1 aliphatic heterocycles. The van der Waals surface area contributed by atoms with Crippen LogP contribution in [0.25, 0.3) is 0 Å². The number of aliphatic carboxylic acids is 1. The molecule has 0 saturated carbocycles. The van der Waals surface area contributed by atoms with E-state index < -0.39 is 5.97 Å². The number of nitrogens with zero attached hydrogens (tertiary/aromatic N) is 1. The van der Waals surface area contributed by atoms with E-state index in [1.54, 1.807) is 0 Å². The fourth-order valence-electron chi connectivity index (χ4n) is 2.99. The minimum atomic E-state index is -0.826. The maximum atomic E-state index is 12.0. The van der Waals surface area contributed by atoms with Crippen LogP contribution in [-0.4, -0.2) is 41.6 Å². The highest BCUT2D eigenvalue weighted by Gasteiger charge is 2.24. The summed E-state index contributed by atoms with van der Waals surface area (Å²) in [5, 5.41) is 11.4. The fraction of sp³-hybridized carbons (Fsp3) is 0.529. The van der Waals surface area contributed by atoms with Crippen LogP contribution in [-0.2, 0) is 4.79 Å². The van der Waals surface area contributed by atoms with Crippen LogP contribution in [0.4, 0.5) is 4.79 Å². The zero-order valence-corrected chi connectivity index (χ0v) is 13.0. The van der Waals surface area contributed by atoms with E-state index in [2.05, 4.69) is 36.5 Å². The summed E-state index contributed by atoms with van der Waals surface area (Å²) in [5.41, 5.74) is 2.71. The largest absolute Gasteiger partial charge is 0.481 e. The van der Waals surface area contributed by atoms with E-state index in [1.165, 1.54) is 11.1 Å². The minimum absolute atomic E-state index is 0.0753. The third-order valence-electron chi connectivity index (χ3n) is 4.25. The quantitative estimate of drug-likeness (QED) is 0.822. The number of likely N-dealkylation sites (tertiary alicyclic amines) is 1. The first-order valence-corrected chi connectivity index (χ1v) is 7.88. The Morgan fingerprint density at radius 1 is 1.27 bits per heavy atom. The van der Waals surface area contributed by atoms with Gasteiger partial charge in [0, 0.05) is 26.1 Å². The number of hydrogen-bond donors (Lipinski definition) is 2. The molecule has 1 saturated heterocycles. The maximum absolute atomic E-state index is 12.0. The van der Waals surface area contributed by atoms with Crippen molar-refractivity contribution in [2.24, 2.45) is 0 Å². The third kappa shape index (κ3) is 4.48. The lowest BCUT2D eigenvalue weighted by molar-refractivity contribution is -0.137. The second-order valence-corrected chi connectivity index (χ2v) is 5.85. The van der Waals surface area contributed by atoms with Gasteiger partial charge in [0.05, 0.1) is 0 Å². The number of carbonyl (C=O) groups excluding carboxylic acids is 1. The van der Waals surface area contributed by atoms with Crippen molar-refractivity contribution in [3.63, 3.8) is 0 Å².